The Kier molecular flexibility index (Phi) is 7.28. The van der Waals surface area contributed by atoms with Crippen LogP contribution in [0.2, 0.25) is 5.28 Å². The van der Waals surface area contributed by atoms with Crippen LogP contribution in [0.1, 0.15) is 25.1 Å². The smallest absolute Gasteiger partial charge is 0.242 e. The maximum absolute atomic E-state index is 12.2. The lowest BCUT2D eigenvalue weighted by atomic mass is 9.98. The van der Waals surface area contributed by atoms with Gasteiger partial charge in [-0.25, -0.2) is 4.98 Å². The lowest BCUT2D eigenvalue weighted by Gasteiger charge is -2.19. The number of rotatable bonds is 8. The average molecular weight is 378 g/mol. The standard InChI is InChI=1S/C15H24ClN5O2.ClH/c1-23-7-6-21-8-11(10-2-3-10)12(9-21)17-14(22)5-4-13-18-15(16)20-19-13;/h10-12H,2-9H2,1H3,(H,17,22)(H,18,19,20);1H/t11-,12+;/m1./s1. The molecule has 3 rings (SSSR count). The molecule has 0 spiro atoms. The Hall–Kier alpha value is -0.890. The summed E-state index contributed by atoms with van der Waals surface area (Å²) in [6.07, 6.45) is 3.52. The lowest BCUT2D eigenvalue weighted by molar-refractivity contribution is -0.122. The van der Waals surface area contributed by atoms with E-state index in [2.05, 4.69) is 25.4 Å². The second-order valence-corrected chi connectivity index (χ2v) is 6.82. The Morgan fingerprint density at radius 2 is 2.25 bits per heavy atom. The summed E-state index contributed by atoms with van der Waals surface area (Å²) < 4.78 is 5.16. The number of aryl methyl sites for hydroxylation is 1. The first-order valence-electron chi connectivity index (χ1n) is 8.23. The number of methoxy groups -OCH3 is 1. The van der Waals surface area contributed by atoms with Gasteiger partial charge in [-0.1, -0.05) is 0 Å². The largest absolute Gasteiger partial charge is 0.383 e. The van der Waals surface area contributed by atoms with Crippen LogP contribution in [0.4, 0.5) is 0 Å². The Labute approximate surface area is 153 Å². The lowest BCUT2D eigenvalue weighted by Crippen LogP contribution is -2.41. The number of hydrogen-bond donors (Lipinski definition) is 2. The third kappa shape index (κ3) is 5.31. The van der Waals surface area contributed by atoms with Crippen LogP contribution in [0.5, 0.6) is 0 Å². The van der Waals surface area contributed by atoms with Crippen LogP contribution in [-0.4, -0.2) is 65.4 Å². The van der Waals surface area contributed by atoms with E-state index in [0.717, 1.165) is 32.2 Å². The Morgan fingerprint density at radius 1 is 1.46 bits per heavy atom. The highest BCUT2D eigenvalue weighted by Crippen LogP contribution is 2.41. The topological polar surface area (TPSA) is 83.1 Å². The molecule has 1 aromatic heterocycles. The predicted octanol–water partition coefficient (Wildman–Crippen LogP) is 1.29. The van der Waals surface area contributed by atoms with Gasteiger partial charge in [-0.15, -0.1) is 17.5 Å². The average Bonchev–Trinajstić information content (AvgIpc) is 3.17. The van der Waals surface area contributed by atoms with Crippen molar-refractivity contribution in [2.45, 2.75) is 31.7 Å². The molecular weight excluding hydrogens is 353 g/mol. The second-order valence-electron chi connectivity index (χ2n) is 6.48. The molecule has 136 valence electrons. The van der Waals surface area contributed by atoms with Gasteiger partial charge in [-0.2, -0.15) is 0 Å². The number of H-pyrrole nitrogens is 1. The third-order valence-electron chi connectivity index (χ3n) is 4.72. The van der Waals surface area contributed by atoms with Gasteiger partial charge in [0.2, 0.25) is 11.2 Å². The van der Waals surface area contributed by atoms with E-state index in [-0.39, 0.29) is 29.6 Å². The number of aromatic amines is 1. The van der Waals surface area contributed by atoms with Crippen molar-refractivity contribution in [3.8, 4) is 0 Å². The molecule has 2 N–H and O–H groups in total. The van der Waals surface area contributed by atoms with Crippen LogP contribution >= 0.6 is 24.0 Å². The summed E-state index contributed by atoms with van der Waals surface area (Å²) in [4.78, 5) is 18.6. The summed E-state index contributed by atoms with van der Waals surface area (Å²) in [5.41, 5.74) is 0. The minimum atomic E-state index is 0. The SMILES string of the molecule is COCCN1C[C@H](NC(=O)CCc2nc(Cl)n[nH]2)[C@@H](C2CC2)C1.Cl. The predicted molar refractivity (Wildman–Crippen MR) is 93.4 cm³/mol. The van der Waals surface area contributed by atoms with Crippen molar-refractivity contribution in [2.75, 3.05) is 33.4 Å². The molecule has 1 aliphatic heterocycles. The molecule has 24 heavy (non-hydrogen) atoms. The summed E-state index contributed by atoms with van der Waals surface area (Å²) in [7, 11) is 1.73. The zero-order valence-corrected chi connectivity index (χ0v) is 15.4. The van der Waals surface area contributed by atoms with Crippen LogP contribution < -0.4 is 5.32 Å². The molecule has 1 aliphatic carbocycles. The summed E-state index contributed by atoms with van der Waals surface area (Å²) >= 11 is 5.66. The van der Waals surface area contributed by atoms with Crippen LogP contribution in [-0.2, 0) is 16.0 Å². The van der Waals surface area contributed by atoms with Gasteiger partial charge in [-0.05, 0) is 36.3 Å². The summed E-state index contributed by atoms with van der Waals surface area (Å²) in [6.45, 7) is 3.66. The molecule has 0 bridgehead atoms. The minimum Gasteiger partial charge on any atom is -0.383 e. The molecule has 0 aromatic carbocycles. The fourth-order valence-electron chi connectivity index (χ4n) is 3.37. The van der Waals surface area contributed by atoms with Crippen molar-refractivity contribution in [1.82, 2.24) is 25.4 Å². The number of hydrogen-bond acceptors (Lipinski definition) is 5. The van der Waals surface area contributed by atoms with Crippen molar-refractivity contribution in [2.24, 2.45) is 11.8 Å². The fourth-order valence-corrected chi connectivity index (χ4v) is 3.51. The third-order valence-corrected chi connectivity index (χ3v) is 4.89. The molecule has 1 amide bonds. The molecule has 1 aromatic rings. The maximum Gasteiger partial charge on any atom is 0.242 e. The van der Waals surface area contributed by atoms with Gasteiger partial charge >= 0.3 is 0 Å². The number of nitrogens with zero attached hydrogens (tertiary/aromatic N) is 3. The number of likely N-dealkylation sites (tertiary alicyclic amines) is 1. The first-order chi connectivity index (χ1) is 11.2. The number of carbonyl (C=O) groups excluding carboxylic acids is 1. The van der Waals surface area contributed by atoms with E-state index in [4.69, 9.17) is 16.3 Å². The summed E-state index contributed by atoms with van der Waals surface area (Å²) in [6, 6.07) is 0.255. The Bertz CT molecular complexity index is 538. The van der Waals surface area contributed by atoms with E-state index in [1.54, 1.807) is 7.11 Å². The van der Waals surface area contributed by atoms with E-state index < -0.39 is 0 Å². The zero-order valence-electron chi connectivity index (χ0n) is 13.8. The van der Waals surface area contributed by atoms with E-state index in [1.807, 2.05) is 0 Å². The van der Waals surface area contributed by atoms with Gasteiger partial charge < -0.3 is 10.1 Å². The van der Waals surface area contributed by atoms with Crippen molar-refractivity contribution in [1.29, 1.82) is 0 Å². The van der Waals surface area contributed by atoms with Crippen molar-refractivity contribution < 1.29 is 9.53 Å². The normalized spacial score (nSPS) is 23.9. The number of nitrogens with one attached hydrogen (secondary N) is 2. The fraction of sp³-hybridized carbons (Fsp3) is 0.800. The molecular formula is C15H25Cl2N5O2. The first kappa shape index (κ1) is 19.4. The van der Waals surface area contributed by atoms with Gasteiger partial charge in [-0.3, -0.25) is 14.8 Å². The zero-order chi connectivity index (χ0) is 16.2. The number of aromatic nitrogens is 3. The quantitative estimate of drug-likeness (QED) is 0.712. The highest BCUT2D eigenvalue weighted by molar-refractivity contribution is 6.28. The van der Waals surface area contributed by atoms with Gasteiger partial charge in [0.1, 0.15) is 5.82 Å². The van der Waals surface area contributed by atoms with E-state index in [0.29, 0.717) is 24.6 Å². The molecule has 0 unspecified atom stereocenters. The van der Waals surface area contributed by atoms with Crippen LogP contribution in [0.15, 0.2) is 0 Å². The highest BCUT2D eigenvalue weighted by Gasteiger charge is 2.42. The number of ether oxygens (including phenoxy) is 1. The maximum atomic E-state index is 12.2. The van der Waals surface area contributed by atoms with Gasteiger partial charge in [0.25, 0.3) is 0 Å². The number of halogens is 2. The van der Waals surface area contributed by atoms with Gasteiger partial charge in [0.15, 0.2) is 0 Å². The van der Waals surface area contributed by atoms with E-state index in [1.165, 1.54) is 12.8 Å². The van der Waals surface area contributed by atoms with Crippen molar-refractivity contribution in [3.63, 3.8) is 0 Å². The molecule has 2 atom stereocenters. The molecule has 0 radical (unpaired) electrons. The number of carbonyl (C=O) groups is 1. The molecule has 1 saturated carbocycles. The first-order valence-corrected chi connectivity index (χ1v) is 8.61. The van der Waals surface area contributed by atoms with Gasteiger partial charge in [0, 0.05) is 45.6 Å². The Morgan fingerprint density at radius 3 is 2.88 bits per heavy atom. The monoisotopic (exact) mass is 377 g/mol. The van der Waals surface area contributed by atoms with Crippen LogP contribution in [0.25, 0.3) is 0 Å². The van der Waals surface area contributed by atoms with Crippen LogP contribution in [0, 0.1) is 11.8 Å². The molecule has 2 heterocycles. The van der Waals surface area contributed by atoms with Gasteiger partial charge in [0.05, 0.1) is 6.61 Å². The summed E-state index contributed by atoms with van der Waals surface area (Å²) in [5.74, 6) is 2.08. The minimum absolute atomic E-state index is 0. The highest BCUT2D eigenvalue weighted by atomic mass is 35.5. The summed E-state index contributed by atoms with van der Waals surface area (Å²) in [5, 5.41) is 9.90. The van der Waals surface area contributed by atoms with E-state index in [9.17, 15) is 4.79 Å². The number of amides is 1. The molecule has 2 aliphatic rings. The van der Waals surface area contributed by atoms with Crippen LogP contribution in [0.3, 0.4) is 0 Å². The molecule has 1 saturated heterocycles. The Balaban J connectivity index is 0.00000208. The van der Waals surface area contributed by atoms with E-state index >= 15 is 0 Å². The second kappa shape index (κ2) is 8.99. The van der Waals surface area contributed by atoms with Crippen molar-refractivity contribution in [3.05, 3.63) is 11.1 Å². The molecule has 7 nitrogen and oxygen atoms in total. The molecule has 9 heteroatoms. The molecule has 2 fully saturated rings. The van der Waals surface area contributed by atoms with Crippen molar-refractivity contribution >= 4 is 29.9 Å².